The van der Waals surface area contributed by atoms with Gasteiger partial charge >= 0.3 is 0 Å². The summed E-state index contributed by atoms with van der Waals surface area (Å²) in [5.74, 6) is 5.00. The number of hydrogen-bond donors (Lipinski definition) is 1. The lowest BCUT2D eigenvalue weighted by Gasteiger charge is -2.29. The Hall–Kier alpha value is -4.08. The monoisotopic (exact) mass is 548 g/mol. The largest absolute Gasteiger partial charge is 0.377 e. The first-order valence-corrected chi connectivity index (χ1v) is 13.6. The SMILES string of the molecule is O=C1CCC(N2Cc3c(C#CCOCCOCCn4cc(C(=O)N5CCCCC5)nn4)cccc3C2=O)C(=O)N1. The van der Waals surface area contributed by atoms with Gasteiger partial charge in [-0.15, -0.1) is 5.10 Å². The van der Waals surface area contributed by atoms with E-state index >= 15 is 0 Å². The Morgan fingerprint density at radius 2 is 1.90 bits per heavy atom. The second-order valence-corrected chi connectivity index (χ2v) is 9.92. The average Bonchev–Trinajstić information content (AvgIpc) is 3.57. The van der Waals surface area contributed by atoms with Crippen LogP contribution in [0.25, 0.3) is 0 Å². The molecule has 40 heavy (non-hydrogen) atoms. The third-order valence-electron chi connectivity index (χ3n) is 7.22. The highest BCUT2D eigenvalue weighted by molar-refractivity contribution is 6.05. The molecule has 210 valence electrons. The maximum absolute atomic E-state index is 12.9. The lowest BCUT2D eigenvalue weighted by atomic mass is 10.0. The molecule has 2 fully saturated rings. The van der Waals surface area contributed by atoms with E-state index in [1.54, 1.807) is 23.0 Å². The topological polar surface area (TPSA) is 136 Å². The lowest BCUT2D eigenvalue weighted by Crippen LogP contribution is -2.52. The molecule has 1 aromatic carbocycles. The number of carbonyl (C=O) groups excluding carboxylic acids is 4. The van der Waals surface area contributed by atoms with Crippen molar-refractivity contribution in [3.8, 4) is 11.8 Å². The number of nitrogens with one attached hydrogen (secondary N) is 1. The van der Waals surface area contributed by atoms with Crippen LogP contribution >= 0.6 is 0 Å². The minimum Gasteiger partial charge on any atom is -0.377 e. The van der Waals surface area contributed by atoms with Gasteiger partial charge < -0.3 is 19.3 Å². The first kappa shape index (κ1) is 27.5. The number of benzene rings is 1. The molecule has 4 amide bonds. The fourth-order valence-electron chi connectivity index (χ4n) is 5.10. The van der Waals surface area contributed by atoms with Gasteiger partial charge in [-0.3, -0.25) is 24.5 Å². The summed E-state index contributed by atoms with van der Waals surface area (Å²) in [6.45, 7) is 3.65. The molecule has 1 atom stereocenters. The second-order valence-electron chi connectivity index (χ2n) is 9.92. The summed E-state index contributed by atoms with van der Waals surface area (Å²) < 4.78 is 12.7. The van der Waals surface area contributed by atoms with Crippen LogP contribution in [0.2, 0.25) is 0 Å². The third kappa shape index (κ3) is 6.38. The summed E-state index contributed by atoms with van der Waals surface area (Å²) >= 11 is 0. The highest BCUT2D eigenvalue weighted by Crippen LogP contribution is 2.29. The highest BCUT2D eigenvalue weighted by atomic mass is 16.5. The smallest absolute Gasteiger partial charge is 0.276 e. The number of rotatable bonds is 9. The molecule has 3 aliphatic rings. The van der Waals surface area contributed by atoms with E-state index < -0.39 is 11.9 Å². The van der Waals surface area contributed by atoms with Gasteiger partial charge in [0.15, 0.2) is 5.69 Å². The van der Waals surface area contributed by atoms with Crippen LogP contribution in [0.4, 0.5) is 0 Å². The van der Waals surface area contributed by atoms with Gasteiger partial charge in [0, 0.05) is 37.2 Å². The Bertz CT molecular complexity index is 1340. The van der Waals surface area contributed by atoms with E-state index in [0.717, 1.165) is 37.9 Å². The number of piperidine rings is 2. The van der Waals surface area contributed by atoms with E-state index in [9.17, 15) is 19.2 Å². The Morgan fingerprint density at radius 3 is 2.73 bits per heavy atom. The van der Waals surface area contributed by atoms with Crippen LogP contribution in [0, 0.1) is 11.8 Å². The van der Waals surface area contributed by atoms with Gasteiger partial charge in [0.05, 0.1) is 32.6 Å². The molecule has 2 saturated heterocycles. The van der Waals surface area contributed by atoms with Crippen molar-refractivity contribution in [2.45, 2.75) is 51.2 Å². The minimum absolute atomic E-state index is 0.0694. The van der Waals surface area contributed by atoms with Crippen molar-refractivity contribution in [1.82, 2.24) is 30.1 Å². The maximum atomic E-state index is 12.9. The summed E-state index contributed by atoms with van der Waals surface area (Å²) in [6, 6.07) is 4.68. The molecule has 0 spiro atoms. The van der Waals surface area contributed by atoms with Crippen LogP contribution in [-0.4, -0.2) is 94.0 Å². The van der Waals surface area contributed by atoms with Crippen LogP contribution in [0.1, 0.15) is 64.1 Å². The molecule has 0 saturated carbocycles. The summed E-state index contributed by atoms with van der Waals surface area (Å²) in [7, 11) is 0. The number of ether oxygens (including phenoxy) is 2. The van der Waals surface area contributed by atoms with Gasteiger partial charge in [0.25, 0.3) is 11.8 Å². The second kappa shape index (κ2) is 12.8. The first-order valence-electron chi connectivity index (χ1n) is 13.6. The van der Waals surface area contributed by atoms with Crippen molar-refractivity contribution in [1.29, 1.82) is 0 Å². The molecular formula is C28H32N6O6. The molecule has 3 aliphatic heterocycles. The molecule has 12 heteroatoms. The molecule has 0 aliphatic carbocycles. The van der Waals surface area contributed by atoms with Crippen molar-refractivity contribution in [3.05, 3.63) is 46.8 Å². The van der Waals surface area contributed by atoms with E-state index in [-0.39, 0.29) is 37.3 Å². The third-order valence-corrected chi connectivity index (χ3v) is 7.22. The van der Waals surface area contributed by atoms with E-state index in [2.05, 4.69) is 27.5 Å². The van der Waals surface area contributed by atoms with Gasteiger partial charge in [0.1, 0.15) is 12.6 Å². The molecular weight excluding hydrogens is 516 g/mol. The van der Waals surface area contributed by atoms with Crippen molar-refractivity contribution >= 4 is 23.6 Å². The van der Waals surface area contributed by atoms with Gasteiger partial charge in [-0.05, 0) is 43.4 Å². The molecule has 4 heterocycles. The summed E-state index contributed by atoms with van der Waals surface area (Å²) in [6.07, 6.45) is 5.41. The average molecular weight is 549 g/mol. The molecule has 0 bridgehead atoms. The van der Waals surface area contributed by atoms with E-state index in [1.165, 1.54) is 4.90 Å². The lowest BCUT2D eigenvalue weighted by molar-refractivity contribution is -0.136. The number of fused-ring (bicyclic) bond motifs is 1. The predicted molar refractivity (Wildman–Crippen MR) is 141 cm³/mol. The standard InChI is InChI=1S/C28H32N6O6/c35-25-10-9-24(26(36)29-25)34-18-22-20(6-4-8-21(22)27(34)37)7-5-14-39-16-17-40-15-13-33-19-23(30-31-33)28(38)32-11-2-1-3-12-32/h4,6,8,19,24H,1-3,9-18H2,(H,29,35,36). The summed E-state index contributed by atoms with van der Waals surface area (Å²) in [5, 5.41) is 10.3. The van der Waals surface area contributed by atoms with Crippen LogP contribution in [0.5, 0.6) is 0 Å². The zero-order valence-corrected chi connectivity index (χ0v) is 22.3. The fourth-order valence-corrected chi connectivity index (χ4v) is 5.10. The van der Waals surface area contributed by atoms with Gasteiger partial charge in [-0.2, -0.15) is 0 Å². The molecule has 2 aromatic rings. The summed E-state index contributed by atoms with van der Waals surface area (Å²) in [4.78, 5) is 52.5. The van der Waals surface area contributed by atoms with Gasteiger partial charge in [0.2, 0.25) is 11.8 Å². The van der Waals surface area contributed by atoms with E-state index in [1.807, 2.05) is 11.0 Å². The van der Waals surface area contributed by atoms with Crippen molar-refractivity contribution < 1.29 is 28.7 Å². The zero-order chi connectivity index (χ0) is 27.9. The van der Waals surface area contributed by atoms with Crippen molar-refractivity contribution in [2.75, 3.05) is 39.5 Å². The normalized spacial score (nSPS) is 18.8. The predicted octanol–water partition coefficient (Wildman–Crippen LogP) is 0.750. The quantitative estimate of drug-likeness (QED) is 0.276. The fraction of sp³-hybridized carbons (Fsp3) is 0.500. The Labute approximate surface area is 232 Å². The maximum Gasteiger partial charge on any atom is 0.276 e. The number of imide groups is 1. The molecule has 1 unspecified atom stereocenters. The molecule has 0 radical (unpaired) electrons. The van der Waals surface area contributed by atoms with Crippen molar-refractivity contribution in [3.63, 3.8) is 0 Å². The Kier molecular flexibility index (Phi) is 8.83. The van der Waals surface area contributed by atoms with Crippen molar-refractivity contribution in [2.24, 2.45) is 0 Å². The van der Waals surface area contributed by atoms with Crippen LogP contribution in [-0.2, 0) is 32.2 Å². The highest BCUT2D eigenvalue weighted by Gasteiger charge is 2.39. The Balaban J connectivity index is 1.01. The minimum atomic E-state index is -0.657. The van der Waals surface area contributed by atoms with Gasteiger partial charge in [-0.1, -0.05) is 23.1 Å². The van der Waals surface area contributed by atoms with Crippen LogP contribution < -0.4 is 5.32 Å². The summed E-state index contributed by atoms with van der Waals surface area (Å²) in [5.41, 5.74) is 2.38. The van der Waals surface area contributed by atoms with Crippen LogP contribution in [0.15, 0.2) is 24.4 Å². The number of hydrogen-bond acceptors (Lipinski definition) is 8. The van der Waals surface area contributed by atoms with Crippen LogP contribution in [0.3, 0.4) is 0 Å². The molecule has 12 nitrogen and oxygen atoms in total. The number of nitrogens with zero attached hydrogens (tertiary/aromatic N) is 5. The molecule has 5 rings (SSSR count). The van der Waals surface area contributed by atoms with E-state index in [4.69, 9.17) is 9.47 Å². The zero-order valence-electron chi connectivity index (χ0n) is 22.3. The van der Waals surface area contributed by atoms with Gasteiger partial charge in [-0.25, -0.2) is 4.68 Å². The van der Waals surface area contributed by atoms with E-state index in [0.29, 0.717) is 49.6 Å². The Morgan fingerprint density at radius 1 is 1.07 bits per heavy atom. The first-order chi connectivity index (χ1) is 19.5. The number of aromatic nitrogens is 3. The number of carbonyl (C=O) groups is 4. The number of amides is 4. The number of likely N-dealkylation sites (tertiary alicyclic amines) is 1. The molecule has 1 aromatic heterocycles. The molecule has 1 N–H and O–H groups in total.